The molecule has 3 heteroatoms. The van der Waals surface area contributed by atoms with Crippen molar-refractivity contribution in [2.24, 2.45) is 17.8 Å². The third-order valence-electron chi connectivity index (χ3n) is 6.57. The van der Waals surface area contributed by atoms with Crippen molar-refractivity contribution in [1.82, 2.24) is 0 Å². The summed E-state index contributed by atoms with van der Waals surface area (Å²) in [5.74, 6) is 2.08. The van der Waals surface area contributed by atoms with Gasteiger partial charge in [-0.1, -0.05) is 19.4 Å². The van der Waals surface area contributed by atoms with Gasteiger partial charge >= 0.3 is 0 Å². The van der Waals surface area contributed by atoms with Gasteiger partial charge in [0.15, 0.2) is 11.6 Å². The monoisotopic (exact) mass is 344 g/mol. The molecular formula is C22H26F2O. The molecule has 1 nitrogen and oxygen atoms in total. The summed E-state index contributed by atoms with van der Waals surface area (Å²) in [4.78, 5) is 0. The van der Waals surface area contributed by atoms with E-state index in [0.29, 0.717) is 5.39 Å². The maximum absolute atomic E-state index is 14.8. The van der Waals surface area contributed by atoms with Gasteiger partial charge in [-0.25, -0.2) is 8.78 Å². The summed E-state index contributed by atoms with van der Waals surface area (Å²) < 4.78 is 34.2. The van der Waals surface area contributed by atoms with E-state index >= 15 is 0 Å². The number of benzene rings is 2. The van der Waals surface area contributed by atoms with Crippen molar-refractivity contribution in [1.29, 1.82) is 0 Å². The Kier molecular flexibility index (Phi) is 4.43. The Morgan fingerprint density at radius 3 is 2.52 bits per heavy atom. The molecule has 2 aromatic carbocycles. The van der Waals surface area contributed by atoms with Crippen LogP contribution in [0.2, 0.25) is 0 Å². The van der Waals surface area contributed by atoms with E-state index in [1.54, 1.807) is 6.07 Å². The maximum atomic E-state index is 14.8. The molecule has 0 aromatic heterocycles. The van der Waals surface area contributed by atoms with Gasteiger partial charge in [-0.3, -0.25) is 0 Å². The predicted octanol–water partition coefficient (Wildman–Crippen LogP) is 6.45. The summed E-state index contributed by atoms with van der Waals surface area (Å²) in [5.41, 5.74) is 0.772. The zero-order valence-corrected chi connectivity index (χ0v) is 15.0. The normalized spacial score (nSPS) is 29.4. The van der Waals surface area contributed by atoms with Crippen LogP contribution >= 0.6 is 0 Å². The maximum Gasteiger partial charge on any atom is 0.172 e. The highest BCUT2D eigenvalue weighted by Gasteiger charge is 2.35. The molecule has 25 heavy (non-hydrogen) atoms. The van der Waals surface area contributed by atoms with Crippen molar-refractivity contribution in [2.75, 3.05) is 7.11 Å². The molecule has 2 fully saturated rings. The van der Waals surface area contributed by atoms with Gasteiger partial charge in [0.1, 0.15) is 5.82 Å². The molecule has 4 unspecified atom stereocenters. The van der Waals surface area contributed by atoms with Crippen molar-refractivity contribution in [3.8, 4) is 5.75 Å². The first-order valence-electron chi connectivity index (χ1n) is 9.52. The molecule has 4 rings (SSSR count). The zero-order chi connectivity index (χ0) is 17.6. The van der Waals surface area contributed by atoms with E-state index in [9.17, 15) is 8.78 Å². The van der Waals surface area contributed by atoms with Crippen LogP contribution < -0.4 is 4.74 Å². The lowest BCUT2D eigenvalue weighted by atomic mass is 9.64. The standard InChI is InChI=1S/C22H26F2O/c1-13-3-4-15-10-16(6-5-14(15)9-13)18-11-17-7-8-21(25-2)22(24)19(17)12-20(18)23/h7-8,11-16H,3-6,9-10H2,1-2H3. The van der Waals surface area contributed by atoms with Crippen LogP contribution in [-0.4, -0.2) is 7.11 Å². The van der Waals surface area contributed by atoms with Gasteiger partial charge in [0.2, 0.25) is 0 Å². The van der Waals surface area contributed by atoms with Crippen LogP contribution in [0.25, 0.3) is 10.8 Å². The number of hydrogen-bond donors (Lipinski definition) is 0. The van der Waals surface area contributed by atoms with Gasteiger partial charge in [-0.15, -0.1) is 0 Å². The molecule has 0 bridgehead atoms. The van der Waals surface area contributed by atoms with Crippen LogP contribution in [0.5, 0.6) is 5.75 Å². The Balaban J connectivity index is 1.64. The molecule has 0 N–H and O–H groups in total. The average Bonchev–Trinajstić information content (AvgIpc) is 2.62. The molecule has 0 spiro atoms. The van der Waals surface area contributed by atoms with E-state index in [0.717, 1.165) is 41.5 Å². The predicted molar refractivity (Wildman–Crippen MR) is 97.0 cm³/mol. The number of rotatable bonds is 2. The largest absolute Gasteiger partial charge is 0.494 e. The second-order valence-electron chi connectivity index (χ2n) is 8.13. The summed E-state index contributed by atoms with van der Waals surface area (Å²) in [7, 11) is 1.43. The van der Waals surface area contributed by atoms with Gasteiger partial charge < -0.3 is 4.74 Å². The second kappa shape index (κ2) is 6.59. The number of hydrogen-bond acceptors (Lipinski definition) is 1. The van der Waals surface area contributed by atoms with Crippen molar-refractivity contribution in [2.45, 2.75) is 51.4 Å². The molecule has 0 heterocycles. The molecule has 2 aliphatic rings. The number of fused-ring (bicyclic) bond motifs is 2. The van der Waals surface area contributed by atoms with Crippen LogP contribution in [0, 0.1) is 29.4 Å². The van der Waals surface area contributed by atoms with Crippen molar-refractivity contribution >= 4 is 10.8 Å². The van der Waals surface area contributed by atoms with Crippen LogP contribution in [0.4, 0.5) is 8.78 Å². The van der Waals surface area contributed by atoms with Crippen LogP contribution in [-0.2, 0) is 0 Å². The summed E-state index contributed by atoms with van der Waals surface area (Å²) in [5, 5.41) is 1.06. The molecule has 0 radical (unpaired) electrons. The van der Waals surface area contributed by atoms with E-state index in [1.165, 1.54) is 38.9 Å². The van der Waals surface area contributed by atoms with E-state index < -0.39 is 5.82 Å². The molecule has 134 valence electrons. The number of ether oxygens (including phenoxy) is 1. The van der Waals surface area contributed by atoms with Crippen LogP contribution in [0.3, 0.4) is 0 Å². The molecule has 0 saturated heterocycles. The first-order chi connectivity index (χ1) is 12.1. The third kappa shape index (κ3) is 3.02. The van der Waals surface area contributed by atoms with E-state index in [2.05, 4.69) is 6.92 Å². The third-order valence-corrected chi connectivity index (χ3v) is 6.57. The summed E-state index contributed by atoms with van der Waals surface area (Å²) >= 11 is 0. The van der Waals surface area contributed by atoms with E-state index in [4.69, 9.17) is 4.74 Å². The highest BCUT2D eigenvalue weighted by molar-refractivity contribution is 5.85. The second-order valence-corrected chi connectivity index (χ2v) is 8.13. The Morgan fingerprint density at radius 1 is 0.960 bits per heavy atom. The molecule has 2 saturated carbocycles. The summed E-state index contributed by atoms with van der Waals surface area (Å²) in [6, 6.07) is 6.67. The lowest BCUT2D eigenvalue weighted by Gasteiger charge is -2.41. The molecule has 4 atom stereocenters. The molecule has 2 aliphatic carbocycles. The minimum absolute atomic E-state index is 0.163. The number of halogens is 2. The summed E-state index contributed by atoms with van der Waals surface area (Å²) in [6.45, 7) is 2.36. The lowest BCUT2D eigenvalue weighted by molar-refractivity contribution is 0.124. The van der Waals surface area contributed by atoms with Gasteiger partial charge in [-0.05, 0) is 84.9 Å². The van der Waals surface area contributed by atoms with E-state index in [1.807, 2.05) is 12.1 Å². The van der Waals surface area contributed by atoms with Crippen LogP contribution in [0.15, 0.2) is 24.3 Å². The fourth-order valence-electron chi connectivity index (χ4n) is 5.18. The van der Waals surface area contributed by atoms with Crippen molar-refractivity contribution in [3.63, 3.8) is 0 Å². The highest BCUT2D eigenvalue weighted by atomic mass is 19.1. The number of methoxy groups -OCH3 is 1. The van der Waals surface area contributed by atoms with Gasteiger partial charge in [0.25, 0.3) is 0 Å². The molecule has 2 aromatic rings. The van der Waals surface area contributed by atoms with Crippen LogP contribution in [0.1, 0.15) is 56.9 Å². The smallest absolute Gasteiger partial charge is 0.172 e. The Hall–Kier alpha value is -1.64. The first-order valence-corrected chi connectivity index (χ1v) is 9.52. The molecule has 0 aliphatic heterocycles. The molecular weight excluding hydrogens is 318 g/mol. The molecule has 0 amide bonds. The first kappa shape index (κ1) is 16.8. The Bertz CT molecular complexity index is 785. The van der Waals surface area contributed by atoms with Crippen molar-refractivity contribution < 1.29 is 13.5 Å². The Morgan fingerprint density at radius 2 is 1.72 bits per heavy atom. The fraction of sp³-hybridized carbons (Fsp3) is 0.545. The average molecular weight is 344 g/mol. The quantitative estimate of drug-likeness (QED) is 0.608. The SMILES string of the molecule is COc1ccc2cc(C3CCC4CC(C)CCC4C3)c(F)cc2c1F. The zero-order valence-electron chi connectivity index (χ0n) is 15.0. The Labute approximate surface area is 148 Å². The minimum Gasteiger partial charge on any atom is -0.494 e. The lowest BCUT2D eigenvalue weighted by Crippen LogP contribution is -2.29. The highest BCUT2D eigenvalue weighted by Crippen LogP contribution is 2.48. The van der Waals surface area contributed by atoms with E-state index in [-0.39, 0.29) is 17.5 Å². The van der Waals surface area contributed by atoms with Gasteiger partial charge in [0.05, 0.1) is 7.11 Å². The summed E-state index contributed by atoms with van der Waals surface area (Å²) in [6.07, 6.45) is 7.26. The van der Waals surface area contributed by atoms with Gasteiger partial charge in [0, 0.05) is 5.39 Å². The van der Waals surface area contributed by atoms with Gasteiger partial charge in [-0.2, -0.15) is 0 Å². The minimum atomic E-state index is -0.476. The van der Waals surface area contributed by atoms with Crippen molar-refractivity contribution in [3.05, 3.63) is 41.5 Å². The fourth-order valence-corrected chi connectivity index (χ4v) is 5.18. The topological polar surface area (TPSA) is 9.23 Å².